The van der Waals surface area contributed by atoms with Gasteiger partial charge in [0, 0.05) is 24.4 Å². The highest BCUT2D eigenvalue weighted by Crippen LogP contribution is 2.44. The maximum Gasteiger partial charge on any atom is 0.407 e. The molecular weight excluding hydrogens is 432 g/mol. The average Bonchev–Trinajstić information content (AvgIpc) is 3.63. The van der Waals surface area contributed by atoms with Gasteiger partial charge < -0.3 is 20.5 Å². The molecule has 7 nitrogen and oxygen atoms in total. The van der Waals surface area contributed by atoms with Crippen LogP contribution in [-0.2, 0) is 14.3 Å². The number of benzene rings is 2. The Morgan fingerprint density at radius 1 is 1.00 bits per heavy atom. The number of hydrogen-bond donors (Lipinski definition) is 3. The van der Waals surface area contributed by atoms with Crippen molar-refractivity contribution < 1.29 is 24.2 Å². The number of rotatable bonds is 11. The highest BCUT2D eigenvalue weighted by molar-refractivity contribution is 5.79. The van der Waals surface area contributed by atoms with Crippen molar-refractivity contribution in [3.05, 3.63) is 59.7 Å². The Kier molecular flexibility index (Phi) is 7.50. The predicted molar refractivity (Wildman–Crippen MR) is 128 cm³/mol. The molecular formula is C27H32N2O5. The van der Waals surface area contributed by atoms with Crippen molar-refractivity contribution in [3.63, 3.8) is 0 Å². The van der Waals surface area contributed by atoms with Gasteiger partial charge in [-0.2, -0.15) is 0 Å². The summed E-state index contributed by atoms with van der Waals surface area (Å²) in [5.41, 5.74) is 4.67. The van der Waals surface area contributed by atoms with E-state index in [9.17, 15) is 14.4 Å². The van der Waals surface area contributed by atoms with E-state index in [2.05, 4.69) is 34.9 Å². The Bertz CT molecular complexity index is 1000. The third-order valence-corrected chi connectivity index (χ3v) is 6.81. The van der Waals surface area contributed by atoms with Crippen molar-refractivity contribution in [2.45, 2.75) is 63.5 Å². The highest BCUT2D eigenvalue weighted by Gasteiger charge is 2.34. The largest absolute Gasteiger partial charge is 0.481 e. The Hall–Kier alpha value is -3.35. The van der Waals surface area contributed by atoms with Crippen molar-refractivity contribution in [3.8, 4) is 11.1 Å². The lowest BCUT2D eigenvalue weighted by molar-refractivity contribution is -0.137. The first kappa shape index (κ1) is 23.8. The number of carbonyl (C=O) groups excluding carboxylic acids is 2. The molecule has 3 N–H and O–H groups in total. The molecule has 0 aromatic heterocycles. The van der Waals surface area contributed by atoms with Crippen LogP contribution >= 0.6 is 0 Å². The second kappa shape index (κ2) is 10.7. The number of nitrogens with one attached hydrogen (secondary N) is 2. The number of aliphatic carboxylic acids is 1. The number of fused-ring (bicyclic) bond motifs is 3. The van der Waals surface area contributed by atoms with Gasteiger partial charge in [-0.1, -0.05) is 55.5 Å². The molecule has 1 fully saturated rings. The van der Waals surface area contributed by atoms with E-state index in [4.69, 9.17) is 9.84 Å². The van der Waals surface area contributed by atoms with Crippen molar-refractivity contribution in [2.75, 3.05) is 6.61 Å². The smallest absolute Gasteiger partial charge is 0.407 e. The molecule has 0 saturated heterocycles. The van der Waals surface area contributed by atoms with Gasteiger partial charge in [0.25, 0.3) is 0 Å². The van der Waals surface area contributed by atoms with Gasteiger partial charge in [0.1, 0.15) is 6.61 Å². The lowest BCUT2D eigenvalue weighted by atomic mass is 9.98. The second-order valence-electron chi connectivity index (χ2n) is 9.22. The van der Waals surface area contributed by atoms with Gasteiger partial charge in [0.05, 0.1) is 6.42 Å². The number of carboxylic acids is 1. The molecule has 2 aliphatic rings. The number of carbonyl (C=O) groups is 3. The summed E-state index contributed by atoms with van der Waals surface area (Å²) in [6, 6.07) is 15.9. The van der Waals surface area contributed by atoms with Crippen LogP contribution in [0.4, 0.5) is 4.79 Å². The third-order valence-electron chi connectivity index (χ3n) is 6.81. The molecule has 0 heterocycles. The second-order valence-corrected chi connectivity index (χ2v) is 9.22. The zero-order chi connectivity index (χ0) is 24.1. The molecule has 1 saturated carbocycles. The van der Waals surface area contributed by atoms with Crippen LogP contribution in [0.1, 0.15) is 62.5 Å². The molecule has 2 aliphatic carbocycles. The van der Waals surface area contributed by atoms with Gasteiger partial charge in [-0.25, -0.2) is 4.79 Å². The minimum atomic E-state index is -0.902. The normalized spacial score (nSPS) is 16.1. The summed E-state index contributed by atoms with van der Waals surface area (Å²) < 4.78 is 5.61. The molecule has 0 radical (unpaired) electrons. The molecule has 4 rings (SSSR count). The van der Waals surface area contributed by atoms with Gasteiger partial charge in [0.2, 0.25) is 5.91 Å². The SMILES string of the molecule is CCC(CCC(=O)NC(CC(=O)O)C1CC1)NC(=O)OCC1c2ccccc2-c2ccccc21. The topological polar surface area (TPSA) is 105 Å². The molecule has 2 atom stereocenters. The van der Waals surface area contributed by atoms with Crippen LogP contribution in [0.3, 0.4) is 0 Å². The molecule has 2 amide bonds. The maximum absolute atomic E-state index is 12.5. The Morgan fingerprint density at radius 3 is 2.18 bits per heavy atom. The molecule has 0 aliphatic heterocycles. The summed E-state index contributed by atoms with van der Waals surface area (Å²) in [4.78, 5) is 35.9. The number of amides is 2. The first-order valence-electron chi connectivity index (χ1n) is 12.1. The molecule has 180 valence electrons. The average molecular weight is 465 g/mol. The summed E-state index contributed by atoms with van der Waals surface area (Å²) in [5, 5.41) is 14.8. The van der Waals surface area contributed by atoms with E-state index in [1.807, 2.05) is 31.2 Å². The van der Waals surface area contributed by atoms with Crippen LogP contribution in [-0.4, -0.2) is 41.8 Å². The zero-order valence-corrected chi connectivity index (χ0v) is 19.5. The van der Waals surface area contributed by atoms with E-state index in [0.29, 0.717) is 12.8 Å². The standard InChI is InChI=1S/C27H32N2O5/c1-2-18(13-14-25(30)29-24(15-26(31)32)17-11-12-17)28-27(33)34-16-23-21-9-5-3-7-19(21)20-8-4-6-10-22(20)23/h3-10,17-18,23-24H,2,11-16H2,1H3,(H,28,33)(H,29,30)(H,31,32). The van der Waals surface area contributed by atoms with Crippen LogP contribution in [0.15, 0.2) is 48.5 Å². The first-order chi connectivity index (χ1) is 16.5. The summed E-state index contributed by atoms with van der Waals surface area (Å²) >= 11 is 0. The predicted octanol–water partition coefficient (Wildman–Crippen LogP) is 4.45. The van der Waals surface area contributed by atoms with Crippen LogP contribution in [0.5, 0.6) is 0 Å². The fraction of sp³-hybridized carbons (Fsp3) is 0.444. The minimum Gasteiger partial charge on any atom is -0.481 e. The van der Waals surface area contributed by atoms with Crippen LogP contribution < -0.4 is 10.6 Å². The van der Waals surface area contributed by atoms with Crippen LogP contribution in [0, 0.1) is 5.92 Å². The maximum atomic E-state index is 12.5. The molecule has 2 aromatic rings. The number of alkyl carbamates (subject to hydrolysis) is 1. The zero-order valence-electron chi connectivity index (χ0n) is 19.5. The third kappa shape index (κ3) is 5.76. The van der Waals surface area contributed by atoms with E-state index in [0.717, 1.165) is 24.0 Å². The van der Waals surface area contributed by atoms with Gasteiger partial charge in [-0.15, -0.1) is 0 Å². The minimum absolute atomic E-state index is 0.00223. The summed E-state index contributed by atoms with van der Waals surface area (Å²) in [6.45, 7) is 2.19. The Morgan fingerprint density at radius 2 is 1.62 bits per heavy atom. The monoisotopic (exact) mass is 464 g/mol. The number of hydrogen-bond acceptors (Lipinski definition) is 4. The van der Waals surface area contributed by atoms with Crippen LogP contribution in [0.2, 0.25) is 0 Å². The molecule has 0 bridgehead atoms. The van der Waals surface area contributed by atoms with E-state index in [1.165, 1.54) is 11.1 Å². The highest BCUT2D eigenvalue weighted by atomic mass is 16.5. The van der Waals surface area contributed by atoms with E-state index in [1.54, 1.807) is 0 Å². The number of carboxylic acid groups (broad SMARTS) is 1. The van der Waals surface area contributed by atoms with E-state index >= 15 is 0 Å². The Balaban J connectivity index is 1.26. The van der Waals surface area contributed by atoms with Gasteiger partial charge >= 0.3 is 12.1 Å². The molecule has 34 heavy (non-hydrogen) atoms. The van der Waals surface area contributed by atoms with Crippen molar-refractivity contribution in [2.24, 2.45) is 5.92 Å². The summed E-state index contributed by atoms with van der Waals surface area (Å²) in [5.74, 6) is -0.815. The molecule has 2 unspecified atom stereocenters. The van der Waals surface area contributed by atoms with E-state index in [-0.39, 0.29) is 49.3 Å². The summed E-state index contributed by atoms with van der Waals surface area (Å²) in [7, 11) is 0. The Labute approximate surface area is 199 Å². The van der Waals surface area contributed by atoms with Gasteiger partial charge in [-0.3, -0.25) is 9.59 Å². The van der Waals surface area contributed by atoms with Crippen LogP contribution in [0.25, 0.3) is 11.1 Å². The fourth-order valence-electron chi connectivity index (χ4n) is 4.79. The molecule has 0 spiro atoms. The number of ether oxygens (including phenoxy) is 1. The lowest BCUT2D eigenvalue weighted by Crippen LogP contribution is -2.40. The first-order valence-corrected chi connectivity index (χ1v) is 12.1. The van der Waals surface area contributed by atoms with Crippen molar-refractivity contribution >= 4 is 18.0 Å². The van der Waals surface area contributed by atoms with E-state index < -0.39 is 12.1 Å². The van der Waals surface area contributed by atoms with Crippen molar-refractivity contribution in [1.29, 1.82) is 0 Å². The van der Waals surface area contributed by atoms with Crippen molar-refractivity contribution in [1.82, 2.24) is 10.6 Å². The fourth-order valence-corrected chi connectivity index (χ4v) is 4.79. The molecule has 2 aromatic carbocycles. The molecule has 7 heteroatoms. The quantitative estimate of drug-likeness (QED) is 0.456. The van der Waals surface area contributed by atoms with Gasteiger partial charge in [-0.05, 0) is 53.9 Å². The summed E-state index contributed by atoms with van der Waals surface area (Å²) in [6.07, 6.45) is 2.74. The van der Waals surface area contributed by atoms with Gasteiger partial charge in [0.15, 0.2) is 0 Å². The lowest BCUT2D eigenvalue weighted by Gasteiger charge is -2.20.